The van der Waals surface area contributed by atoms with Crippen molar-refractivity contribution < 1.29 is 5.11 Å². The molecule has 1 aromatic rings. The van der Waals surface area contributed by atoms with E-state index in [1.165, 1.54) is 0 Å². The standard InChI is InChI=1S/C11H22N4O/c1-4-5-15-10(13-8-14-15)6-11(3,7-12)9(2)16/h8-9,16H,4-7,12H2,1-3H3. The maximum Gasteiger partial charge on any atom is 0.138 e. The van der Waals surface area contributed by atoms with Gasteiger partial charge in [0.1, 0.15) is 12.2 Å². The Morgan fingerprint density at radius 2 is 2.31 bits per heavy atom. The Kier molecular flexibility index (Phi) is 4.44. The summed E-state index contributed by atoms with van der Waals surface area (Å²) < 4.78 is 1.89. The molecule has 2 unspecified atom stereocenters. The molecule has 0 aliphatic rings. The van der Waals surface area contributed by atoms with E-state index in [1.54, 1.807) is 13.3 Å². The topological polar surface area (TPSA) is 77.0 Å². The van der Waals surface area contributed by atoms with Gasteiger partial charge in [0.05, 0.1) is 6.10 Å². The Morgan fingerprint density at radius 1 is 1.62 bits per heavy atom. The number of aliphatic hydroxyl groups excluding tert-OH is 1. The van der Waals surface area contributed by atoms with E-state index in [4.69, 9.17) is 5.73 Å². The van der Waals surface area contributed by atoms with Gasteiger partial charge in [-0.05, 0) is 13.3 Å². The number of aromatic nitrogens is 3. The Labute approximate surface area is 96.7 Å². The van der Waals surface area contributed by atoms with Gasteiger partial charge >= 0.3 is 0 Å². The van der Waals surface area contributed by atoms with Crippen molar-refractivity contribution in [2.75, 3.05) is 6.54 Å². The van der Waals surface area contributed by atoms with Crippen LogP contribution in [0.2, 0.25) is 0 Å². The summed E-state index contributed by atoms with van der Waals surface area (Å²) >= 11 is 0. The van der Waals surface area contributed by atoms with Crippen molar-refractivity contribution in [1.29, 1.82) is 0 Å². The largest absolute Gasteiger partial charge is 0.393 e. The second kappa shape index (κ2) is 5.41. The highest BCUT2D eigenvalue weighted by molar-refractivity contribution is 4.95. The van der Waals surface area contributed by atoms with Crippen LogP contribution >= 0.6 is 0 Å². The molecule has 0 fully saturated rings. The highest BCUT2D eigenvalue weighted by Crippen LogP contribution is 2.24. The van der Waals surface area contributed by atoms with E-state index >= 15 is 0 Å². The summed E-state index contributed by atoms with van der Waals surface area (Å²) in [4.78, 5) is 4.24. The minimum absolute atomic E-state index is 0.335. The van der Waals surface area contributed by atoms with Gasteiger partial charge in [-0.15, -0.1) is 0 Å². The van der Waals surface area contributed by atoms with E-state index in [-0.39, 0.29) is 5.41 Å². The summed E-state index contributed by atoms with van der Waals surface area (Å²) in [5.41, 5.74) is 5.40. The quantitative estimate of drug-likeness (QED) is 0.743. The molecular formula is C11H22N4O. The van der Waals surface area contributed by atoms with Gasteiger partial charge in [-0.1, -0.05) is 13.8 Å². The number of aliphatic hydroxyl groups is 1. The van der Waals surface area contributed by atoms with Gasteiger partial charge in [-0.25, -0.2) is 4.98 Å². The third-order valence-corrected chi connectivity index (χ3v) is 3.17. The average Bonchev–Trinajstić information content (AvgIpc) is 2.66. The highest BCUT2D eigenvalue weighted by Gasteiger charge is 2.30. The molecule has 16 heavy (non-hydrogen) atoms. The molecule has 0 radical (unpaired) electrons. The van der Waals surface area contributed by atoms with Crippen molar-refractivity contribution in [3.8, 4) is 0 Å². The lowest BCUT2D eigenvalue weighted by Crippen LogP contribution is -2.40. The lowest BCUT2D eigenvalue weighted by atomic mass is 9.81. The number of nitrogens with zero attached hydrogens (tertiary/aromatic N) is 3. The fourth-order valence-corrected chi connectivity index (χ4v) is 1.58. The van der Waals surface area contributed by atoms with E-state index in [2.05, 4.69) is 17.0 Å². The summed E-state index contributed by atoms with van der Waals surface area (Å²) in [6.07, 6.45) is 2.78. The SMILES string of the molecule is CCCn1ncnc1CC(C)(CN)C(C)O. The van der Waals surface area contributed by atoms with Crippen molar-refractivity contribution >= 4 is 0 Å². The normalized spacial score (nSPS) is 17.1. The van der Waals surface area contributed by atoms with Crippen molar-refractivity contribution in [2.24, 2.45) is 11.1 Å². The summed E-state index contributed by atoms with van der Waals surface area (Å²) in [5.74, 6) is 0.899. The Morgan fingerprint density at radius 3 is 2.81 bits per heavy atom. The lowest BCUT2D eigenvalue weighted by molar-refractivity contribution is 0.0565. The molecule has 3 N–H and O–H groups in total. The number of rotatable bonds is 6. The maximum atomic E-state index is 9.75. The van der Waals surface area contributed by atoms with Gasteiger partial charge in [0.2, 0.25) is 0 Å². The van der Waals surface area contributed by atoms with Crippen LogP contribution in [0.4, 0.5) is 0 Å². The van der Waals surface area contributed by atoms with E-state index in [9.17, 15) is 5.11 Å². The van der Waals surface area contributed by atoms with Crippen molar-refractivity contribution in [3.63, 3.8) is 0 Å². The number of aryl methyl sites for hydroxylation is 1. The predicted molar refractivity (Wildman–Crippen MR) is 62.9 cm³/mol. The van der Waals surface area contributed by atoms with Gasteiger partial charge in [0, 0.05) is 24.9 Å². The zero-order valence-electron chi connectivity index (χ0n) is 10.3. The third-order valence-electron chi connectivity index (χ3n) is 3.17. The van der Waals surface area contributed by atoms with Crippen LogP contribution in [0.5, 0.6) is 0 Å². The predicted octanol–water partition coefficient (Wildman–Crippen LogP) is 0.576. The molecule has 1 rings (SSSR count). The first kappa shape index (κ1) is 13.1. The third kappa shape index (κ3) is 2.80. The Hall–Kier alpha value is -0.940. The minimum atomic E-state index is -0.454. The molecule has 0 spiro atoms. The monoisotopic (exact) mass is 226 g/mol. The lowest BCUT2D eigenvalue weighted by Gasteiger charge is -2.30. The maximum absolute atomic E-state index is 9.75. The van der Waals surface area contributed by atoms with Crippen LogP contribution < -0.4 is 5.73 Å². The smallest absolute Gasteiger partial charge is 0.138 e. The van der Waals surface area contributed by atoms with Crippen LogP contribution in [0.15, 0.2) is 6.33 Å². The molecular weight excluding hydrogens is 204 g/mol. The summed E-state index contributed by atoms with van der Waals surface area (Å²) in [5, 5.41) is 13.9. The van der Waals surface area contributed by atoms with Crippen molar-refractivity contribution in [2.45, 2.75) is 46.3 Å². The number of hydrogen-bond acceptors (Lipinski definition) is 4. The highest BCUT2D eigenvalue weighted by atomic mass is 16.3. The van der Waals surface area contributed by atoms with E-state index in [0.29, 0.717) is 13.0 Å². The van der Waals surface area contributed by atoms with Gasteiger partial charge < -0.3 is 10.8 Å². The Balaban J connectivity index is 2.81. The Bertz CT molecular complexity index is 324. The zero-order chi connectivity index (χ0) is 12.2. The second-order valence-corrected chi connectivity index (χ2v) is 4.61. The van der Waals surface area contributed by atoms with Crippen LogP contribution in [0.25, 0.3) is 0 Å². The van der Waals surface area contributed by atoms with Crippen LogP contribution in [-0.2, 0) is 13.0 Å². The molecule has 0 aliphatic heterocycles. The molecule has 5 heteroatoms. The first-order chi connectivity index (χ1) is 7.53. The van der Waals surface area contributed by atoms with Gasteiger partial charge in [-0.2, -0.15) is 5.10 Å². The molecule has 5 nitrogen and oxygen atoms in total. The summed E-state index contributed by atoms with van der Waals surface area (Å²) in [7, 11) is 0. The van der Waals surface area contributed by atoms with Gasteiger partial charge in [-0.3, -0.25) is 4.68 Å². The summed E-state index contributed by atoms with van der Waals surface area (Å²) in [6, 6.07) is 0. The molecule has 0 saturated carbocycles. The minimum Gasteiger partial charge on any atom is -0.393 e. The molecule has 0 aromatic carbocycles. The molecule has 2 atom stereocenters. The van der Waals surface area contributed by atoms with E-state index in [0.717, 1.165) is 18.8 Å². The zero-order valence-corrected chi connectivity index (χ0v) is 10.3. The van der Waals surface area contributed by atoms with Crippen molar-refractivity contribution in [3.05, 3.63) is 12.2 Å². The van der Waals surface area contributed by atoms with Crippen LogP contribution in [0.1, 0.15) is 33.0 Å². The number of hydrogen-bond donors (Lipinski definition) is 2. The first-order valence-corrected chi connectivity index (χ1v) is 5.78. The molecule has 92 valence electrons. The molecule has 0 bridgehead atoms. The van der Waals surface area contributed by atoms with E-state index < -0.39 is 6.10 Å². The molecule has 1 heterocycles. The molecule has 1 aromatic heterocycles. The molecule has 0 saturated heterocycles. The second-order valence-electron chi connectivity index (χ2n) is 4.61. The summed E-state index contributed by atoms with van der Waals surface area (Å²) in [6.45, 7) is 7.14. The number of nitrogens with two attached hydrogens (primary N) is 1. The van der Waals surface area contributed by atoms with Crippen LogP contribution in [0.3, 0.4) is 0 Å². The molecule has 0 aliphatic carbocycles. The fraction of sp³-hybridized carbons (Fsp3) is 0.818. The van der Waals surface area contributed by atoms with Gasteiger partial charge in [0.15, 0.2) is 0 Å². The fourth-order valence-electron chi connectivity index (χ4n) is 1.58. The van der Waals surface area contributed by atoms with E-state index in [1.807, 2.05) is 11.6 Å². The van der Waals surface area contributed by atoms with Crippen LogP contribution in [0, 0.1) is 5.41 Å². The molecule has 0 amide bonds. The first-order valence-electron chi connectivity index (χ1n) is 5.78. The van der Waals surface area contributed by atoms with Crippen molar-refractivity contribution in [1.82, 2.24) is 14.8 Å². The van der Waals surface area contributed by atoms with Gasteiger partial charge in [0.25, 0.3) is 0 Å². The average molecular weight is 226 g/mol. The van der Waals surface area contributed by atoms with Crippen LogP contribution in [-0.4, -0.2) is 32.5 Å².